The van der Waals surface area contributed by atoms with Gasteiger partial charge >= 0.3 is 6.03 Å². The van der Waals surface area contributed by atoms with Gasteiger partial charge < -0.3 is 11.1 Å². The van der Waals surface area contributed by atoms with E-state index in [1.165, 1.54) is 11.8 Å². The van der Waals surface area contributed by atoms with Crippen molar-refractivity contribution in [3.05, 3.63) is 72.1 Å². The number of carbonyl (C=O) groups excluding carboxylic acids is 2. The molecule has 3 amide bonds. The van der Waals surface area contributed by atoms with Gasteiger partial charge in [-0.1, -0.05) is 12.1 Å². The Morgan fingerprint density at radius 3 is 2.33 bits per heavy atom. The minimum Gasteiger partial charge on any atom is -0.398 e. The monoisotopic (exact) mass is 379 g/mol. The number of amides is 3. The number of urea groups is 1. The second-order valence-corrected chi connectivity index (χ2v) is 6.71. The maximum atomic E-state index is 12.1. The van der Waals surface area contributed by atoms with Gasteiger partial charge in [-0.25, -0.2) is 14.8 Å². The summed E-state index contributed by atoms with van der Waals surface area (Å²) in [4.78, 5) is 33.5. The van der Waals surface area contributed by atoms with Crippen molar-refractivity contribution >= 4 is 35.1 Å². The molecule has 4 N–H and O–H groups in total. The van der Waals surface area contributed by atoms with Gasteiger partial charge in [-0.2, -0.15) is 0 Å². The first-order valence-electron chi connectivity index (χ1n) is 8.04. The van der Waals surface area contributed by atoms with Crippen LogP contribution in [-0.4, -0.2) is 21.9 Å². The Labute approximate surface area is 160 Å². The Morgan fingerprint density at radius 1 is 1.00 bits per heavy atom. The molecule has 0 saturated carbocycles. The number of para-hydroxylation sites is 1. The number of aromatic nitrogens is 2. The van der Waals surface area contributed by atoms with Crippen molar-refractivity contribution in [3.8, 4) is 0 Å². The zero-order chi connectivity index (χ0) is 19.2. The lowest BCUT2D eigenvalue weighted by atomic mass is 10.2. The van der Waals surface area contributed by atoms with Crippen LogP contribution in [0.4, 0.5) is 16.2 Å². The molecule has 0 radical (unpaired) electrons. The van der Waals surface area contributed by atoms with Gasteiger partial charge in [0.15, 0.2) is 5.16 Å². The average molecular weight is 379 g/mol. The van der Waals surface area contributed by atoms with Crippen LogP contribution in [0.15, 0.2) is 71.0 Å². The molecule has 7 nitrogen and oxygen atoms in total. The molecule has 0 fully saturated rings. The van der Waals surface area contributed by atoms with E-state index in [4.69, 9.17) is 5.73 Å². The van der Waals surface area contributed by atoms with Gasteiger partial charge in [0.05, 0.1) is 5.56 Å². The van der Waals surface area contributed by atoms with Gasteiger partial charge in [-0.3, -0.25) is 10.1 Å². The van der Waals surface area contributed by atoms with Gasteiger partial charge in [0.25, 0.3) is 5.91 Å². The molecule has 1 heterocycles. The molecule has 0 aliphatic heterocycles. The van der Waals surface area contributed by atoms with Crippen LogP contribution in [0.2, 0.25) is 0 Å². The van der Waals surface area contributed by atoms with E-state index in [1.807, 2.05) is 19.1 Å². The number of nitrogens with two attached hydrogens (primary N) is 1. The zero-order valence-corrected chi connectivity index (χ0v) is 15.3. The fourth-order valence-electron chi connectivity index (χ4n) is 2.18. The molecule has 0 bridgehead atoms. The molecule has 27 heavy (non-hydrogen) atoms. The largest absolute Gasteiger partial charge is 0.398 e. The van der Waals surface area contributed by atoms with E-state index in [0.29, 0.717) is 16.5 Å². The molecule has 3 rings (SSSR count). The topological polar surface area (TPSA) is 110 Å². The Kier molecular flexibility index (Phi) is 5.68. The lowest BCUT2D eigenvalue weighted by Gasteiger charge is -2.08. The predicted octanol–water partition coefficient (Wildman–Crippen LogP) is 3.48. The summed E-state index contributed by atoms with van der Waals surface area (Å²) in [6.07, 6.45) is 3.51. The minimum atomic E-state index is -0.634. The van der Waals surface area contributed by atoms with E-state index in [1.54, 1.807) is 48.8 Å². The molecule has 0 spiro atoms. The quantitative estimate of drug-likeness (QED) is 0.473. The molecule has 0 atom stereocenters. The van der Waals surface area contributed by atoms with Crippen LogP contribution in [0.5, 0.6) is 0 Å². The first-order chi connectivity index (χ1) is 13.0. The van der Waals surface area contributed by atoms with E-state index >= 15 is 0 Å². The van der Waals surface area contributed by atoms with E-state index < -0.39 is 11.9 Å². The number of nitrogens with zero attached hydrogens (tertiary/aromatic N) is 2. The number of nitrogens with one attached hydrogen (secondary N) is 2. The Bertz CT molecular complexity index is 959. The number of hydrogen-bond acceptors (Lipinski definition) is 6. The molecule has 2 aromatic carbocycles. The van der Waals surface area contributed by atoms with Gasteiger partial charge in [-0.15, -0.1) is 0 Å². The third-order valence-corrected chi connectivity index (χ3v) is 4.41. The van der Waals surface area contributed by atoms with E-state index in [9.17, 15) is 9.59 Å². The number of aryl methyl sites for hydroxylation is 1. The van der Waals surface area contributed by atoms with Crippen molar-refractivity contribution in [3.63, 3.8) is 0 Å². The minimum absolute atomic E-state index is 0.248. The molecule has 1 aromatic heterocycles. The number of anilines is 2. The van der Waals surface area contributed by atoms with Crippen molar-refractivity contribution in [2.75, 3.05) is 11.1 Å². The highest BCUT2D eigenvalue weighted by Gasteiger charge is 2.12. The van der Waals surface area contributed by atoms with Crippen LogP contribution in [0, 0.1) is 6.92 Å². The zero-order valence-electron chi connectivity index (χ0n) is 14.5. The predicted molar refractivity (Wildman–Crippen MR) is 105 cm³/mol. The fraction of sp³-hybridized carbons (Fsp3) is 0.0526. The molecule has 0 saturated heterocycles. The van der Waals surface area contributed by atoms with Crippen LogP contribution < -0.4 is 16.4 Å². The van der Waals surface area contributed by atoms with Crippen molar-refractivity contribution in [1.29, 1.82) is 0 Å². The lowest BCUT2D eigenvalue weighted by molar-refractivity contribution is 0.0968. The van der Waals surface area contributed by atoms with Gasteiger partial charge in [0.1, 0.15) is 0 Å². The van der Waals surface area contributed by atoms with Gasteiger partial charge in [0.2, 0.25) is 0 Å². The Morgan fingerprint density at radius 2 is 1.67 bits per heavy atom. The summed E-state index contributed by atoms with van der Waals surface area (Å²) < 4.78 is 0. The Hall–Kier alpha value is -3.39. The standard InChI is InChI=1S/C19H17N5O2S/c1-12-10-21-19(22-11-12)27-14-8-6-13(7-9-14)23-18(26)24-17(25)15-4-2-3-5-16(15)20/h2-11H,20H2,1H3,(H2,23,24,25,26). The van der Waals surface area contributed by atoms with Crippen molar-refractivity contribution < 1.29 is 9.59 Å². The fourth-order valence-corrected chi connectivity index (χ4v) is 2.88. The van der Waals surface area contributed by atoms with Crippen LogP contribution in [0.1, 0.15) is 15.9 Å². The van der Waals surface area contributed by atoms with Crippen molar-refractivity contribution in [2.45, 2.75) is 17.0 Å². The van der Waals surface area contributed by atoms with Gasteiger partial charge in [-0.05, 0) is 60.6 Å². The van der Waals surface area contributed by atoms with E-state index in [-0.39, 0.29) is 5.56 Å². The molecular formula is C19H17N5O2S. The SMILES string of the molecule is Cc1cnc(Sc2ccc(NC(=O)NC(=O)c3ccccc3N)cc2)nc1. The molecular weight excluding hydrogens is 362 g/mol. The maximum Gasteiger partial charge on any atom is 0.326 e. The molecule has 0 aliphatic carbocycles. The number of rotatable bonds is 4. The van der Waals surface area contributed by atoms with Crippen LogP contribution in [0.25, 0.3) is 0 Å². The van der Waals surface area contributed by atoms with Crippen LogP contribution in [0.3, 0.4) is 0 Å². The highest BCUT2D eigenvalue weighted by atomic mass is 32.2. The van der Waals surface area contributed by atoms with Crippen molar-refractivity contribution in [1.82, 2.24) is 15.3 Å². The molecule has 0 aliphatic rings. The second kappa shape index (κ2) is 8.33. The number of hydrogen-bond donors (Lipinski definition) is 3. The lowest BCUT2D eigenvalue weighted by Crippen LogP contribution is -2.34. The van der Waals surface area contributed by atoms with Crippen molar-refractivity contribution in [2.24, 2.45) is 0 Å². The molecule has 0 unspecified atom stereocenters. The summed E-state index contributed by atoms with van der Waals surface area (Å²) in [6.45, 7) is 1.93. The number of carbonyl (C=O) groups is 2. The summed E-state index contributed by atoms with van der Waals surface area (Å²) >= 11 is 1.41. The number of imide groups is 1. The summed E-state index contributed by atoms with van der Waals surface area (Å²) in [5, 5.41) is 5.50. The average Bonchev–Trinajstić information content (AvgIpc) is 2.65. The molecule has 8 heteroatoms. The molecule has 136 valence electrons. The second-order valence-electron chi connectivity index (χ2n) is 5.66. The van der Waals surface area contributed by atoms with Crippen LogP contribution >= 0.6 is 11.8 Å². The summed E-state index contributed by atoms with van der Waals surface area (Å²) in [5.74, 6) is -0.561. The summed E-state index contributed by atoms with van der Waals surface area (Å²) in [5.41, 5.74) is 7.84. The van der Waals surface area contributed by atoms with Crippen LogP contribution in [-0.2, 0) is 0 Å². The summed E-state index contributed by atoms with van der Waals surface area (Å²) in [6, 6.07) is 13.0. The first kappa shape index (κ1) is 18.4. The van der Waals surface area contributed by atoms with E-state index in [2.05, 4.69) is 20.6 Å². The number of nitrogen functional groups attached to an aromatic ring is 1. The Balaban J connectivity index is 1.57. The first-order valence-corrected chi connectivity index (χ1v) is 8.86. The van der Waals surface area contributed by atoms with E-state index in [0.717, 1.165) is 10.5 Å². The molecule has 3 aromatic rings. The highest BCUT2D eigenvalue weighted by Crippen LogP contribution is 2.25. The maximum absolute atomic E-state index is 12.1. The smallest absolute Gasteiger partial charge is 0.326 e. The highest BCUT2D eigenvalue weighted by molar-refractivity contribution is 7.99. The number of benzene rings is 2. The third kappa shape index (κ3) is 5.05. The third-order valence-electron chi connectivity index (χ3n) is 3.51. The summed E-state index contributed by atoms with van der Waals surface area (Å²) in [7, 11) is 0. The normalized spacial score (nSPS) is 10.3. The van der Waals surface area contributed by atoms with Gasteiger partial charge in [0, 0.05) is 28.7 Å².